The summed E-state index contributed by atoms with van der Waals surface area (Å²) in [5.41, 5.74) is 1.24. The van der Waals surface area contributed by atoms with E-state index >= 15 is 0 Å². The molecule has 4 nitrogen and oxygen atoms in total. The first-order valence-corrected chi connectivity index (χ1v) is 8.40. The first-order chi connectivity index (χ1) is 11.3. The number of nitrogens with zero attached hydrogens (tertiary/aromatic N) is 1. The molecule has 0 aliphatic heterocycles. The molecular formula is C19H24N2O2. The monoisotopic (exact) mass is 312 g/mol. The summed E-state index contributed by atoms with van der Waals surface area (Å²) >= 11 is 0. The van der Waals surface area contributed by atoms with Crippen LogP contribution in [0.1, 0.15) is 31.4 Å². The van der Waals surface area contributed by atoms with Gasteiger partial charge in [0, 0.05) is 37.2 Å². The summed E-state index contributed by atoms with van der Waals surface area (Å²) in [6.07, 6.45) is 3.53. The fourth-order valence-electron chi connectivity index (χ4n) is 3.02. The molecular weight excluding hydrogens is 288 g/mol. The SMILES string of the molecule is CCN(CCCNC(=O)C1CC1c1ccco1)c1ccccc1. The molecule has 1 aliphatic carbocycles. The Bertz CT molecular complexity index is 610. The van der Waals surface area contributed by atoms with Crippen LogP contribution in [0.3, 0.4) is 0 Å². The highest BCUT2D eigenvalue weighted by molar-refractivity contribution is 5.82. The van der Waals surface area contributed by atoms with Gasteiger partial charge in [0.2, 0.25) is 5.91 Å². The predicted octanol–water partition coefficient (Wildman–Crippen LogP) is 3.42. The van der Waals surface area contributed by atoms with Crippen molar-refractivity contribution in [1.82, 2.24) is 5.32 Å². The van der Waals surface area contributed by atoms with Gasteiger partial charge in [0.05, 0.1) is 6.26 Å². The van der Waals surface area contributed by atoms with Crippen LogP contribution in [0.15, 0.2) is 53.1 Å². The van der Waals surface area contributed by atoms with Gasteiger partial charge in [0.15, 0.2) is 0 Å². The minimum absolute atomic E-state index is 0.0950. The highest BCUT2D eigenvalue weighted by Crippen LogP contribution is 2.47. The smallest absolute Gasteiger partial charge is 0.223 e. The zero-order valence-electron chi connectivity index (χ0n) is 13.6. The standard InChI is InChI=1S/C19H24N2O2/c1-2-21(15-8-4-3-5-9-15)12-7-11-20-19(22)17-14-16(17)18-10-6-13-23-18/h3-6,8-10,13,16-17H,2,7,11-12,14H2,1H3,(H,20,22). The van der Waals surface area contributed by atoms with Crippen molar-refractivity contribution in [3.63, 3.8) is 0 Å². The fourth-order valence-corrected chi connectivity index (χ4v) is 3.02. The topological polar surface area (TPSA) is 45.5 Å². The van der Waals surface area contributed by atoms with Gasteiger partial charge >= 0.3 is 0 Å². The minimum Gasteiger partial charge on any atom is -0.469 e. The maximum absolute atomic E-state index is 12.1. The van der Waals surface area contributed by atoms with Crippen LogP contribution in [0.2, 0.25) is 0 Å². The van der Waals surface area contributed by atoms with Gasteiger partial charge in [-0.3, -0.25) is 4.79 Å². The molecule has 23 heavy (non-hydrogen) atoms. The van der Waals surface area contributed by atoms with Gasteiger partial charge in [-0.05, 0) is 44.0 Å². The molecule has 1 fully saturated rings. The molecule has 2 unspecified atom stereocenters. The summed E-state index contributed by atoms with van der Waals surface area (Å²) in [6.45, 7) is 4.81. The maximum atomic E-state index is 12.1. The van der Waals surface area contributed by atoms with Crippen LogP contribution in [-0.4, -0.2) is 25.5 Å². The van der Waals surface area contributed by atoms with E-state index in [0.29, 0.717) is 0 Å². The van der Waals surface area contributed by atoms with Crippen molar-refractivity contribution in [2.45, 2.75) is 25.7 Å². The van der Waals surface area contributed by atoms with E-state index in [1.54, 1.807) is 6.26 Å². The Labute approximate surface area is 137 Å². The van der Waals surface area contributed by atoms with Crippen molar-refractivity contribution in [2.75, 3.05) is 24.5 Å². The average molecular weight is 312 g/mol. The highest BCUT2D eigenvalue weighted by atomic mass is 16.3. The fraction of sp³-hybridized carbons (Fsp3) is 0.421. The van der Waals surface area contributed by atoms with E-state index in [4.69, 9.17) is 4.42 Å². The van der Waals surface area contributed by atoms with Gasteiger partial charge in [-0.1, -0.05) is 18.2 Å². The second-order valence-corrected chi connectivity index (χ2v) is 6.02. The van der Waals surface area contributed by atoms with Gasteiger partial charge in [0.1, 0.15) is 5.76 Å². The zero-order valence-corrected chi connectivity index (χ0v) is 13.6. The molecule has 1 amide bonds. The third-order valence-electron chi connectivity index (χ3n) is 4.44. The number of hydrogen-bond acceptors (Lipinski definition) is 3. The Morgan fingerprint density at radius 1 is 1.26 bits per heavy atom. The number of benzene rings is 1. The number of para-hydroxylation sites is 1. The van der Waals surface area contributed by atoms with Crippen LogP contribution >= 0.6 is 0 Å². The molecule has 1 aliphatic rings. The van der Waals surface area contributed by atoms with Crippen LogP contribution in [-0.2, 0) is 4.79 Å². The van der Waals surface area contributed by atoms with Crippen molar-refractivity contribution < 1.29 is 9.21 Å². The number of anilines is 1. The van der Waals surface area contributed by atoms with Crippen LogP contribution in [0.25, 0.3) is 0 Å². The molecule has 1 aromatic heterocycles. The summed E-state index contributed by atoms with van der Waals surface area (Å²) in [7, 11) is 0. The summed E-state index contributed by atoms with van der Waals surface area (Å²) in [5.74, 6) is 1.47. The second-order valence-electron chi connectivity index (χ2n) is 6.02. The van der Waals surface area contributed by atoms with Crippen LogP contribution in [0, 0.1) is 5.92 Å². The number of rotatable bonds is 8. The van der Waals surface area contributed by atoms with Crippen LogP contribution in [0.4, 0.5) is 5.69 Å². The number of furan rings is 1. The summed E-state index contributed by atoms with van der Waals surface area (Å²) in [4.78, 5) is 14.5. The van der Waals surface area contributed by atoms with Gasteiger partial charge in [-0.25, -0.2) is 0 Å². The number of nitrogens with one attached hydrogen (secondary N) is 1. The first kappa shape index (κ1) is 15.7. The van der Waals surface area contributed by atoms with Crippen molar-refractivity contribution in [1.29, 1.82) is 0 Å². The Balaban J connectivity index is 1.37. The Kier molecular flexibility index (Phi) is 5.01. The largest absolute Gasteiger partial charge is 0.469 e. The zero-order chi connectivity index (χ0) is 16.1. The molecule has 1 aromatic carbocycles. The third kappa shape index (κ3) is 3.95. The molecule has 4 heteroatoms. The molecule has 3 rings (SSSR count). The van der Waals surface area contributed by atoms with Crippen molar-refractivity contribution in [3.05, 3.63) is 54.5 Å². The molecule has 1 saturated carbocycles. The van der Waals surface area contributed by atoms with Crippen LogP contribution in [0.5, 0.6) is 0 Å². The molecule has 0 spiro atoms. The van der Waals surface area contributed by atoms with E-state index in [1.807, 2.05) is 18.2 Å². The maximum Gasteiger partial charge on any atom is 0.223 e. The molecule has 0 radical (unpaired) electrons. The Morgan fingerprint density at radius 3 is 2.78 bits per heavy atom. The average Bonchev–Trinajstić information content (AvgIpc) is 3.21. The predicted molar refractivity (Wildman–Crippen MR) is 91.5 cm³/mol. The lowest BCUT2D eigenvalue weighted by molar-refractivity contribution is -0.122. The van der Waals surface area contributed by atoms with Gasteiger partial charge in [-0.15, -0.1) is 0 Å². The molecule has 2 atom stereocenters. The summed E-state index contributed by atoms with van der Waals surface area (Å²) in [6, 6.07) is 14.2. The van der Waals surface area contributed by atoms with Crippen molar-refractivity contribution >= 4 is 11.6 Å². The van der Waals surface area contributed by atoms with Gasteiger partial charge < -0.3 is 14.6 Å². The highest BCUT2D eigenvalue weighted by Gasteiger charge is 2.45. The third-order valence-corrected chi connectivity index (χ3v) is 4.44. The number of hydrogen-bond donors (Lipinski definition) is 1. The molecule has 0 bridgehead atoms. The molecule has 122 valence electrons. The minimum atomic E-state index is 0.0950. The quantitative estimate of drug-likeness (QED) is 0.760. The lowest BCUT2D eigenvalue weighted by Gasteiger charge is -2.23. The molecule has 0 saturated heterocycles. The number of carbonyl (C=O) groups excluding carboxylic acids is 1. The van der Waals surface area contributed by atoms with E-state index < -0.39 is 0 Å². The summed E-state index contributed by atoms with van der Waals surface area (Å²) in [5, 5.41) is 3.06. The number of amides is 1. The van der Waals surface area contributed by atoms with E-state index in [9.17, 15) is 4.79 Å². The normalized spacial score (nSPS) is 19.3. The second kappa shape index (κ2) is 7.36. The Hall–Kier alpha value is -2.23. The lowest BCUT2D eigenvalue weighted by atomic mass is 10.2. The molecule has 2 aromatic rings. The Morgan fingerprint density at radius 2 is 2.09 bits per heavy atom. The van der Waals surface area contributed by atoms with Crippen molar-refractivity contribution in [3.8, 4) is 0 Å². The first-order valence-electron chi connectivity index (χ1n) is 8.40. The lowest BCUT2D eigenvalue weighted by Crippen LogP contribution is -2.30. The van der Waals surface area contributed by atoms with Gasteiger partial charge in [0.25, 0.3) is 0 Å². The van der Waals surface area contributed by atoms with Crippen molar-refractivity contribution in [2.24, 2.45) is 5.92 Å². The van der Waals surface area contributed by atoms with Crippen LogP contribution < -0.4 is 10.2 Å². The molecule has 1 N–H and O–H groups in total. The van der Waals surface area contributed by atoms with E-state index in [0.717, 1.165) is 38.2 Å². The van der Waals surface area contributed by atoms with E-state index in [-0.39, 0.29) is 17.7 Å². The van der Waals surface area contributed by atoms with E-state index in [1.165, 1.54) is 5.69 Å². The summed E-state index contributed by atoms with van der Waals surface area (Å²) < 4.78 is 5.37. The number of carbonyl (C=O) groups is 1. The van der Waals surface area contributed by atoms with Gasteiger partial charge in [-0.2, -0.15) is 0 Å². The van der Waals surface area contributed by atoms with E-state index in [2.05, 4.69) is 41.4 Å². The molecule has 1 heterocycles.